The molecule has 0 heterocycles. The molecule has 0 spiro atoms. The molecule has 1 atom stereocenters. The summed E-state index contributed by atoms with van der Waals surface area (Å²) >= 11 is 0. The quantitative estimate of drug-likeness (QED) is 0.877. The summed E-state index contributed by atoms with van der Waals surface area (Å²) in [4.78, 5) is 0. The molecule has 0 fully saturated rings. The lowest BCUT2D eigenvalue weighted by molar-refractivity contribution is 0.379. The third-order valence-electron chi connectivity index (χ3n) is 2.15. The average Bonchev–Trinajstić information content (AvgIpc) is 2.28. The van der Waals surface area contributed by atoms with E-state index in [-0.39, 0.29) is 24.9 Å². The minimum Gasteiger partial charge on any atom is -0.496 e. The van der Waals surface area contributed by atoms with Gasteiger partial charge in [-0.05, 0) is 12.1 Å². The van der Waals surface area contributed by atoms with Gasteiger partial charge >= 0.3 is 0 Å². The van der Waals surface area contributed by atoms with E-state index in [1.165, 1.54) is 0 Å². The molecule has 0 aliphatic heterocycles. The van der Waals surface area contributed by atoms with Crippen molar-refractivity contribution in [1.82, 2.24) is 0 Å². The number of ether oxygens (including phenoxy) is 2. The molecular formula is C11H15ClN2O2. The van der Waals surface area contributed by atoms with E-state index in [1.807, 2.05) is 12.1 Å². The second-order valence-electron chi connectivity index (χ2n) is 3.04. The van der Waals surface area contributed by atoms with E-state index in [1.54, 1.807) is 26.4 Å². The summed E-state index contributed by atoms with van der Waals surface area (Å²) in [6.07, 6.45) is 0.233. The number of methoxy groups -OCH3 is 2. The van der Waals surface area contributed by atoms with Crippen molar-refractivity contribution in [2.45, 2.75) is 12.5 Å². The highest BCUT2D eigenvalue weighted by Crippen LogP contribution is 2.33. The predicted octanol–water partition coefficient (Wildman–Crippen LogP) is 2.04. The highest BCUT2D eigenvalue weighted by molar-refractivity contribution is 5.85. The zero-order chi connectivity index (χ0) is 11.3. The van der Waals surface area contributed by atoms with Crippen LogP contribution in [0.15, 0.2) is 18.2 Å². The third-order valence-corrected chi connectivity index (χ3v) is 2.15. The fourth-order valence-electron chi connectivity index (χ4n) is 1.45. The number of nitrogens with zero attached hydrogens (tertiary/aromatic N) is 1. The Bertz CT molecular complexity index is 354. The first-order chi connectivity index (χ1) is 7.24. The van der Waals surface area contributed by atoms with Gasteiger partial charge < -0.3 is 15.2 Å². The molecule has 0 bridgehead atoms. The minimum atomic E-state index is -0.388. The Morgan fingerprint density at radius 1 is 1.31 bits per heavy atom. The van der Waals surface area contributed by atoms with Crippen LogP contribution in [0.1, 0.15) is 18.0 Å². The van der Waals surface area contributed by atoms with Gasteiger partial charge in [0.1, 0.15) is 11.5 Å². The maximum atomic E-state index is 8.61. The van der Waals surface area contributed by atoms with Gasteiger partial charge in [0.2, 0.25) is 0 Å². The first kappa shape index (κ1) is 14.6. The van der Waals surface area contributed by atoms with Gasteiger partial charge in [-0.1, -0.05) is 6.07 Å². The van der Waals surface area contributed by atoms with Crippen LogP contribution in [0.4, 0.5) is 0 Å². The number of hydrogen-bond acceptors (Lipinski definition) is 4. The molecule has 0 unspecified atom stereocenters. The summed E-state index contributed by atoms with van der Waals surface area (Å²) in [7, 11) is 3.13. The molecule has 5 heteroatoms. The Kier molecular flexibility index (Phi) is 6.31. The number of nitriles is 1. The third kappa shape index (κ3) is 3.02. The van der Waals surface area contributed by atoms with Crippen LogP contribution >= 0.6 is 12.4 Å². The number of halogens is 1. The van der Waals surface area contributed by atoms with Crippen molar-refractivity contribution in [3.63, 3.8) is 0 Å². The number of benzene rings is 1. The highest BCUT2D eigenvalue weighted by atomic mass is 35.5. The molecule has 88 valence electrons. The standard InChI is InChI=1S/C11H14N2O2.ClH/c1-14-9-4-3-5-10(15-2)11(9)8(13)6-7-12;/h3-5,8H,6,13H2,1-2H3;1H/t8-;/m0./s1. The molecule has 1 rings (SSSR count). The molecule has 0 saturated carbocycles. The van der Waals surface area contributed by atoms with E-state index in [0.717, 1.165) is 5.56 Å². The molecule has 16 heavy (non-hydrogen) atoms. The van der Waals surface area contributed by atoms with Crippen LogP contribution in [0.3, 0.4) is 0 Å². The molecule has 2 N–H and O–H groups in total. The fraction of sp³-hybridized carbons (Fsp3) is 0.364. The Hall–Kier alpha value is -1.44. The SMILES string of the molecule is COc1cccc(OC)c1[C@@H](N)CC#N.Cl. The van der Waals surface area contributed by atoms with Gasteiger partial charge in [0.05, 0.1) is 38.3 Å². The topological polar surface area (TPSA) is 68.3 Å². The summed E-state index contributed by atoms with van der Waals surface area (Å²) < 4.78 is 10.4. The second kappa shape index (κ2) is 6.94. The molecule has 4 nitrogen and oxygen atoms in total. The number of rotatable bonds is 4. The Labute approximate surface area is 101 Å². The van der Waals surface area contributed by atoms with Gasteiger partial charge in [-0.2, -0.15) is 5.26 Å². The van der Waals surface area contributed by atoms with Crippen molar-refractivity contribution in [3.05, 3.63) is 23.8 Å². The van der Waals surface area contributed by atoms with Crippen LogP contribution < -0.4 is 15.2 Å². The van der Waals surface area contributed by atoms with Gasteiger partial charge in [0.15, 0.2) is 0 Å². The monoisotopic (exact) mass is 242 g/mol. The Balaban J connectivity index is 0.00000225. The number of nitrogens with two attached hydrogens (primary N) is 1. The summed E-state index contributed by atoms with van der Waals surface area (Å²) in [5.41, 5.74) is 6.62. The van der Waals surface area contributed by atoms with Crippen molar-refractivity contribution in [1.29, 1.82) is 5.26 Å². The zero-order valence-corrected chi connectivity index (χ0v) is 10.1. The number of hydrogen-bond donors (Lipinski definition) is 1. The van der Waals surface area contributed by atoms with Gasteiger partial charge in [-0.3, -0.25) is 0 Å². The lowest BCUT2D eigenvalue weighted by Crippen LogP contribution is -2.12. The van der Waals surface area contributed by atoms with Crippen molar-refractivity contribution in [2.24, 2.45) is 5.73 Å². The molecule has 0 aromatic heterocycles. The molecular weight excluding hydrogens is 228 g/mol. The van der Waals surface area contributed by atoms with E-state index >= 15 is 0 Å². The zero-order valence-electron chi connectivity index (χ0n) is 9.27. The molecule has 0 aliphatic carbocycles. The van der Waals surface area contributed by atoms with Crippen LogP contribution in [-0.2, 0) is 0 Å². The van der Waals surface area contributed by atoms with Crippen molar-refractivity contribution in [3.8, 4) is 17.6 Å². The van der Waals surface area contributed by atoms with Crippen LogP contribution in [0, 0.1) is 11.3 Å². The van der Waals surface area contributed by atoms with Crippen LogP contribution in [-0.4, -0.2) is 14.2 Å². The second-order valence-corrected chi connectivity index (χ2v) is 3.04. The smallest absolute Gasteiger partial charge is 0.127 e. The van der Waals surface area contributed by atoms with Crippen LogP contribution in [0.2, 0.25) is 0 Å². The fourth-order valence-corrected chi connectivity index (χ4v) is 1.45. The summed E-state index contributed by atoms with van der Waals surface area (Å²) in [5.74, 6) is 1.30. The van der Waals surface area contributed by atoms with Gasteiger partial charge in [0, 0.05) is 0 Å². The van der Waals surface area contributed by atoms with Crippen molar-refractivity contribution in [2.75, 3.05) is 14.2 Å². The molecule has 1 aromatic carbocycles. The van der Waals surface area contributed by atoms with Crippen molar-refractivity contribution < 1.29 is 9.47 Å². The maximum absolute atomic E-state index is 8.61. The molecule has 1 aromatic rings. The largest absolute Gasteiger partial charge is 0.496 e. The van der Waals surface area contributed by atoms with E-state index in [9.17, 15) is 0 Å². The summed E-state index contributed by atoms with van der Waals surface area (Å²) in [5, 5.41) is 8.61. The molecule has 0 saturated heterocycles. The maximum Gasteiger partial charge on any atom is 0.127 e. The van der Waals surface area contributed by atoms with E-state index < -0.39 is 0 Å². The minimum absolute atomic E-state index is 0. The van der Waals surface area contributed by atoms with Gasteiger partial charge in [-0.15, -0.1) is 12.4 Å². The van der Waals surface area contributed by atoms with Crippen LogP contribution in [0.5, 0.6) is 11.5 Å². The van der Waals surface area contributed by atoms with Crippen LogP contribution in [0.25, 0.3) is 0 Å². The summed E-state index contributed by atoms with van der Waals surface area (Å²) in [6.45, 7) is 0. The Morgan fingerprint density at radius 3 is 2.19 bits per heavy atom. The molecule has 0 aliphatic rings. The first-order valence-corrected chi connectivity index (χ1v) is 4.58. The normalized spacial score (nSPS) is 10.9. The van der Waals surface area contributed by atoms with E-state index in [4.69, 9.17) is 20.5 Å². The van der Waals surface area contributed by atoms with E-state index in [2.05, 4.69) is 0 Å². The van der Waals surface area contributed by atoms with Gasteiger partial charge in [-0.25, -0.2) is 0 Å². The summed E-state index contributed by atoms with van der Waals surface area (Å²) in [6, 6.07) is 7.07. The predicted molar refractivity (Wildman–Crippen MR) is 64.0 cm³/mol. The molecule has 0 radical (unpaired) electrons. The molecule has 0 amide bonds. The lowest BCUT2D eigenvalue weighted by Gasteiger charge is -2.16. The lowest BCUT2D eigenvalue weighted by atomic mass is 10.0. The highest BCUT2D eigenvalue weighted by Gasteiger charge is 2.16. The van der Waals surface area contributed by atoms with Crippen molar-refractivity contribution >= 4 is 12.4 Å². The first-order valence-electron chi connectivity index (χ1n) is 4.58. The average molecular weight is 243 g/mol. The van der Waals surface area contributed by atoms with E-state index in [0.29, 0.717) is 11.5 Å². The Morgan fingerprint density at radius 2 is 1.81 bits per heavy atom. The van der Waals surface area contributed by atoms with Gasteiger partial charge in [0.25, 0.3) is 0 Å².